The quantitative estimate of drug-likeness (QED) is 0.677. The van der Waals surface area contributed by atoms with E-state index in [0.29, 0.717) is 0 Å². The molecule has 0 radical (unpaired) electrons. The number of amides is 1. The molecule has 0 spiro atoms. The number of aromatic nitrogens is 2. The maximum absolute atomic E-state index is 11.5. The predicted molar refractivity (Wildman–Crippen MR) is 91.6 cm³/mol. The summed E-state index contributed by atoms with van der Waals surface area (Å²) < 4.78 is 4.80. The van der Waals surface area contributed by atoms with E-state index in [1.807, 2.05) is 49.6 Å². The molecule has 3 N–H and O–H groups in total. The second-order valence-electron chi connectivity index (χ2n) is 5.10. The Bertz CT molecular complexity index is 824. The van der Waals surface area contributed by atoms with Gasteiger partial charge in [0.15, 0.2) is 0 Å². The third-order valence-electron chi connectivity index (χ3n) is 3.54. The first-order valence-electron chi connectivity index (χ1n) is 7.26. The van der Waals surface area contributed by atoms with Crippen LogP contribution in [0.4, 0.5) is 11.5 Å². The molecule has 0 aliphatic carbocycles. The number of carbonyl (C=O) groups excluding carboxylic acids is 1. The Morgan fingerprint density at radius 1 is 1.26 bits per heavy atom. The Morgan fingerprint density at radius 2 is 2.04 bits per heavy atom. The monoisotopic (exact) mass is 310 g/mol. The van der Waals surface area contributed by atoms with E-state index in [-0.39, 0.29) is 12.5 Å². The summed E-state index contributed by atoms with van der Waals surface area (Å²) in [6, 6.07) is 11.7. The Morgan fingerprint density at radius 3 is 2.74 bits per heavy atom. The molecular weight excluding hydrogens is 292 g/mol. The number of anilines is 2. The second kappa shape index (κ2) is 6.50. The molecule has 0 saturated heterocycles. The van der Waals surface area contributed by atoms with Crippen molar-refractivity contribution in [3.05, 3.63) is 42.6 Å². The molecule has 0 atom stereocenters. The van der Waals surface area contributed by atoms with Gasteiger partial charge in [0.25, 0.3) is 0 Å². The average Bonchev–Trinajstić information content (AvgIpc) is 3.03. The highest BCUT2D eigenvalue weighted by Crippen LogP contribution is 2.30. The zero-order valence-electron chi connectivity index (χ0n) is 13.0. The number of ether oxygens (including phenoxy) is 1. The van der Waals surface area contributed by atoms with Crippen molar-refractivity contribution in [2.24, 2.45) is 0 Å². The Hall–Kier alpha value is -2.86. The van der Waals surface area contributed by atoms with Gasteiger partial charge in [-0.1, -0.05) is 12.1 Å². The number of rotatable bonds is 5. The van der Waals surface area contributed by atoms with Crippen molar-refractivity contribution in [1.82, 2.24) is 9.97 Å². The zero-order chi connectivity index (χ0) is 16.2. The van der Waals surface area contributed by atoms with Crippen molar-refractivity contribution >= 4 is 28.4 Å². The van der Waals surface area contributed by atoms with E-state index < -0.39 is 0 Å². The van der Waals surface area contributed by atoms with Gasteiger partial charge in [-0.25, -0.2) is 4.98 Å². The van der Waals surface area contributed by atoms with Gasteiger partial charge in [0.05, 0.1) is 0 Å². The summed E-state index contributed by atoms with van der Waals surface area (Å²) in [6.45, 7) is 0.0433. The fourth-order valence-electron chi connectivity index (χ4n) is 2.47. The Kier molecular flexibility index (Phi) is 4.25. The molecule has 118 valence electrons. The van der Waals surface area contributed by atoms with Crippen LogP contribution in [0, 0.1) is 0 Å². The third-order valence-corrected chi connectivity index (χ3v) is 3.54. The standard InChI is InChI=1S/C17H18N4O2/c1-18-15-9-14(13-7-8-19-17(13)21-15)11-3-5-12(6-4-11)20-16(22)10-23-2/h3-9H,10H2,1-2H3,(H,20,22)(H2,18,19,21). The lowest BCUT2D eigenvalue weighted by atomic mass is 10.0. The van der Waals surface area contributed by atoms with Gasteiger partial charge < -0.3 is 20.4 Å². The molecule has 0 saturated carbocycles. The molecule has 0 bridgehead atoms. The minimum absolute atomic E-state index is 0.0433. The largest absolute Gasteiger partial charge is 0.375 e. The topological polar surface area (TPSA) is 79.0 Å². The molecule has 0 unspecified atom stereocenters. The van der Waals surface area contributed by atoms with Gasteiger partial charge in [0.1, 0.15) is 18.1 Å². The van der Waals surface area contributed by atoms with E-state index in [4.69, 9.17) is 4.74 Å². The van der Waals surface area contributed by atoms with Crippen LogP contribution in [-0.2, 0) is 9.53 Å². The number of aromatic amines is 1. The van der Waals surface area contributed by atoms with Gasteiger partial charge >= 0.3 is 0 Å². The number of carbonyl (C=O) groups is 1. The van der Waals surface area contributed by atoms with E-state index in [0.717, 1.165) is 33.7 Å². The van der Waals surface area contributed by atoms with Crippen molar-refractivity contribution in [3.63, 3.8) is 0 Å². The van der Waals surface area contributed by atoms with Crippen molar-refractivity contribution in [1.29, 1.82) is 0 Å². The number of pyridine rings is 1. The van der Waals surface area contributed by atoms with Crippen molar-refractivity contribution in [2.45, 2.75) is 0 Å². The van der Waals surface area contributed by atoms with E-state index in [1.54, 1.807) is 0 Å². The fraction of sp³-hybridized carbons (Fsp3) is 0.176. The molecule has 6 heteroatoms. The van der Waals surface area contributed by atoms with Crippen LogP contribution in [0.5, 0.6) is 0 Å². The lowest BCUT2D eigenvalue weighted by Crippen LogP contribution is -2.16. The van der Waals surface area contributed by atoms with Crippen LogP contribution >= 0.6 is 0 Å². The summed E-state index contributed by atoms with van der Waals surface area (Å²) >= 11 is 0. The number of methoxy groups -OCH3 is 1. The predicted octanol–water partition coefficient (Wildman–Crippen LogP) is 2.86. The zero-order valence-corrected chi connectivity index (χ0v) is 13.0. The first-order chi connectivity index (χ1) is 11.2. The number of nitrogens with one attached hydrogen (secondary N) is 3. The van der Waals surface area contributed by atoms with Crippen LogP contribution in [0.3, 0.4) is 0 Å². The smallest absolute Gasteiger partial charge is 0.250 e. The number of benzene rings is 1. The highest BCUT2D eigenvalue weighted by molar-refractivity contribution is 5.96. The van der Waals surface area contributed by atoms with Crippen molar-refractivity contribution in [2.75, 3.05) is 31.4 Å². The van der Waals surface area contributed by atoms with Crippen LogP contribution in [0.25, 0.3) is 22.2 Å². The fourth-order valence-corrected chi connectivity index (χ4v) is 2.47. The maximum Gasteiger partial charge on any atom is 0.250 e. The van der Waals surface area contributed by atoms with Gasteiger partial charge in [-0.3, -0.25) is 4.79 Å². The number of fused-ring (bicyclic) bond motifs is 1. The molecule has 2 heterocycles. The summed E-state index contributed by atoms with van der Waals surface area (Å²) in [6.07, 6.45) is 1.87. The Labute approximate surface area is 133 Å². The Balaban J connectivity index is 1.93. The van der Waals surface area contributed by atoms with Gasteiger partial charge in [-0.2, -0.15) is 0 Å². The molecule has 1 aromatic carbocycles. The SMILES string of the molecule is CNc1cc(-c2ccc(NC(=O)COC)cc2)c2cc[nH]c2n1. The summed E-state index contributed by atoms with van der Waals surface area (Å²) in [5, 5.41) is 6.91. The van der Waals surface area contributed by atoms with Gasteiger partial charge in [0, 0.05) is 31.4 Å². The summed E-state index contributed by atoms with van der Waals surface area (Å²) in [5.74, 6) is 0.627. The highest BCUT2D eigenvalue weighted by Gasteiger charge is 2.09. The van der Waals surface area contributed by atoms with E-state index in [9.17, 15) is 4.79 Å². The summed E-state index contributed by atoms with van der Waals surface area (Å²) in [5.41, 5.74) is 3.71. The molecule has 3 rings (SSSR count). The molecule has 1 amide bonds. The lowest BCUT2D eigenvalue weighted by molar-refractivity contribution is -0.119. The summed E-state index contributed by atoms with van der Waals surface area (Å²) in [4.78, 5) is 19.1. The molecule has 2 aromatic heterocycles. The molecule has 0 aliphatic rings. The lowest BCUT2D eigenvalue weighted by Gasteiger charge is -2.09. The van der Waals surface area contributed by atoms with E-state index in [1.165, 1.54) is 7.11 Å². The molecule has 23 heavy (non-hydrogen) atoms. The highest BCUT2D eigenvalue weighted by atomic mass is 16.5. The van der Waals surface area contributed by atoms with Gasteiger partial charge in [0.2, 0.25) is 5.91 Å². The van der Waals surface area contributed by atoms with Gasteiger partial charge in [-0.05, 0) is 35.4 Å². The molecule has 0 aliphatic heterocycles. The number of nitrogens with zero attached hydrogens (tertiary/aromatic N) is 1. The first kappa shape index (κ1) is 15.1. The normalized spacial score (nSPS) is 10.7. The first-order valence-corrected chi connectivity index (χ1v) is 7.26. The van der Waals surface area contributed by atoms with Crippen LogP contribution in [-0.4, -0.2) is 36.6 Å². The minimum Gasteiger partial charge on any atom is -0.375 e. The number of H-pyrrole nitrogens is 1. The minimum atomic E-state index is -0.172. The van der Waals surface area contributed by atoms with Crippen LogP contribution in [0.2, 0.25) is 0 Å². The maximum atomic E-state index is 11.5. The molecular formula is C17H18N4O2. The van der Waals surface area contributed by atoms with Crippen LogP contribution < -0.4 is 10.6 Å². The van der Waals surface area contributed by atoms with E-state index in [2.05, 4.69) is 20.6 Å². The second-order valence-corrected chi connectivity index (χ2v) is 5.10. The molecule has 3 aromatic rings. The molecule has 0 fully saturated rings. The number of hydrogen-bond acceptors (Lipinski definition) is 4. The van der Waals surface area contributed by atoms with E-state index >= 15 is 0 Å². The average molecular weight is 310 g/mol. The third kappa shape index (κ3) is 3.17. The van der Waals surface area contributed by atoms with Crippen LogP contribution in [0.1, 0.15) is 0 Å². The van der Waals surface area contributed by atoms with Crippen LogP contribution in [0.15, 0.2) is 42.6 Å². The number of hydrogen-bond donors (Lipinski definition) is 3. The van der Waals surface area contributed by atoms with Gasteiger partial charge in [-0.15, -0.1) is 0 Å². The van der Waals surface area contributed by atoms with Crippen molar-refractivity contribution < 1.29 is 9.53 Å². The molecule has 6 nitrogen and oxygen atoms in total. The summed E-state index contributed by atoms with van der Waals surface area (Å²) in [7, 11) is 3.34. The van der Waals surface area contributed by atoms with Crippen molar-refractivity contribution in [3.8, 4) is 11.1 Å².